The number of halogens is 1. The highest BCUT2D eigenvalue weighted by molar-refractivity contribution is 9.10. The molecule has 2 fully saturated rings. The first kappa shape index (κ1) is 12.4. The summed E-state index contributed by atoms with van der Waals surface area (Å²) in [6, 6.07) is 0. The molecule has 2 saturated carbocycles. The highest BCUT2D eigenvalue weighted by Gasteiger charge is 2.62. The molecule has 0 spiro atoms. The molecule has 2 bridgehead atoms. The maximum atomic E-state index is 11.7. The number of alkyl halides is 1. The van der Waals surface area contributed by atoms with Crippen molar-refractivity contribution in [3.05, 3.63) is 0 Å². The number of esters is 1. The second-order valence-corrected chi connectivity index (χ2v) is 7.53. The minimum atomic E-state index is -0.196. The van der Waals surface area contributed by atoms with E-state index < -0.39 is 0 Å². The van der Waals surface area contributed by atoms with Gasteiger partial charge in [0.2, 0.25) is 0 Å². The molecule has 4 atom stereocenters. The number of rotatable bonds is 2. The van der Waals surface area contributed by atoms with Crippen LogP contribution in [0.4, 0.5) is 0 Å². The Morgan fingerprint density at radius 2 is 2.06 bits per heavy atom. The van der Waals surface area contributed by atoms with E-state index in [9.17, 15) is 4.79 Å². The van der Waals surface area contributed by atoms with Gasteiger partial charge in [-0.15, -0.1) is 0 Å². The first-order valence-corrected chi connectivity index (χ1v) is 7.05. The van der Waals surface area contributed by atoms with Gasteiger partial charge in [-0.05, 0) is 37.5 Å². The molecule has 0 amide bonds. The molecule has 2 nitrogen and oxygen atoms in total. The molecule has 0 aromatic heterocycles. The van der Waals surface area contributed by atoms with Gasteiger partial charge in [0, 0.05) is 5.41 Å². The Morgan fingerprint density at radius 1 is 1.44 bits per heavy atom. The summed E-state index contributed by atoms with van der Waals surface area (Å²) in [5.41, 5.74) is 0.489. The van der Waals surface area contributed by atoms with Crippen molar-refractivity contribution >= 4 is 21.9 Å². The molecule has 0 N–H and O–H groups in total. The minimum Gasteiger partial charge on any atom is -0.461 e. The van der Waals surface area contributed by atoms with Crippen LogP contribution in [0.15, 0.2) is 0 Å². The maximum Gasteiger partial charge on any atom is 0.319 e. The number of hydrogen-bond donors (Lipinski definition) is 0. The predicted octanol–water partition coefficient (Wildman–Crippen LogP) is 3.53. The molecule has 1 unspecified atom stereocenters. The second kappa shape index (κ2) is 3.72. The van der Waals surface area contributed by atoms with Gasteiger partial charge in [0.25, 0.3) is 0 Å². The maximum absolute atomic E-state index is 11.7. The van der Waals surface area contributed by atoms with Crippen LogP contribution < -0.4 is 0 Å². The van der Waals surface area contributed by atoms with E-state index in [1.54, 1.807) is 0 Å². The second-order valence-electron chi connectivity index (χ2n) is 6.15. The third kappa shape index (κ3) is 1.54. The standard InChI is InChI=1S/C13H21BrO2/c1-8(14)11(15)16-10-7-9-5-6-13(10,4)12(9,2)3/h8-10H,5-7H2,1-4H3/t8?,9-,10+,13+/m0/s1. The number of ether oxygens (including phenoxy) is 1. The van der Waals surface area contributed by atoms with Crippen LogP contribution in [-0.2, 0) is 9.53 Å². The number of carbonyl (C=O) groups excluding carboxylic acids is 1. The average molecular weight is 289 g/mol. The van der Waals surface area contributed by atoms with Crippen LogP contribution in [0.3, 0.4) is 0 Å². The fraction of sp³-hybridized carbons (Fsp3) is 0.923. The van der Waals surface area contributed by atoms with Gasteiger partial charge in [-0.3, -0.25) is 4.79 Å². The summed E-state index contributed by atoms with van der Waals surface area (Å²) in [5.74, 6) is 0.607. The van der Waals surface area contributed by atoms with Crippen molar-refractivity contribution in [2.24, 2.45) is 16.7 Å². The fourth-order valence-corrected chi connectivity index (χ4v) is 3.65. The lowest BCUT2D eigenvalue weighted by atomic mass is 9.70. The van der Waals surface area contributed by atoms with Gasteiger partial charge >= 0.3 is 5.97 Å². The van der Waals surface area contributed by atoms with Crippen molar-refractivity contribution in [1.29, 1.82) is 0 Å². The molecule has 0 aromatic rings. The molecule has 0 aliphatic heterocycles. The van der Waals surface area contributed by atoms with E-state index >= 15 is 0 Å². The first-order chi connectivity index (χ1) is 7.29. The zero-order valence-electron chi connectivity index (χ0n) is 10.5. The van der Waals surface area contributed by atoms with E-state index in [1.165, 1.54) is 12.8 Å². The quantitative estimate of drug-likeness (QED) is 0.574. The van der Waals surface area contributed by atoms with Gasteiger partial charge in [-0.25, -0.2) is 0 Å². The van der Waals surface area contributed by atoms with Crippen LogP contribution in [0.1, 0.15) is 47.0 Å². The van der Waals surface area contributed by atoms with Gasteiger partial charge < -0.3 is 4.74 Å². The average Bonchev–Trinajstić information content (AvgIpc) is 2.50. The van der Waals surface area contributed by atoms with E-state index in [4.69, 9.17) is 4.74 Å². The molecular weight excluding hydrogens is 268 g/mol. The number of fused-ring (bicyclic) bond motifs is 2. The lowest BCUT2D eigenvalue weighted by Crippen LogP contribution is -2.39. The van der Waals surface area contributed by atoms with Crippen molar-refractivity contribution in [2.75, 3.05) is 0 Å². The third-order valence-electron chi connectivity index (χ3n) is 5.30. The van der Waals surface area contributed by atoms with Crippen LogP contribution in [0.2, 0.25) is 0 Å². The Labute approximate surface area is 106 Å². The lowest BCUT2D eigenvalue weighted by Gasteiger charge is -2.38. The van der Waals surface area contributed by atoms with Gasteiger partial charge in [0.1, 0.15) is 10.9 Å². The van der Waals surface area contributed by atoms with E-state index in [-0.39, 0.29) is 22.3 Å². The van der Waals surface area contributed by atoms with Gasteiger partial charge in [-0.1, -0.05) is 36.7 Å². The smallest absolute Gasteiger partial charge is 0.319 e. The molecule has 0 aromatic carbocycles. The van der Waals surface area contributed by atoms with Crippen LogP contribution in [0.25, 0.3) is 0 Å². The van der Waals surface area contributed by atoms with Crippen molar-refractivity contribution < 1.29 is 9.53 Å². The Morgan fingerprint density at radius 3 is 2.44 bits per heavy atom. The minimum absolute atomic E-state index is 0.116. The van der Waals surface area contributed by atoms with Crippen molar-refractivity contribution in [3.63, 3.8) is 0 Å². The molecular formula is C13H21BrO2. The van der Waals surface area contributed by atoms with Crippen LogP contribution in [0.5, 0.6) is 0 Å². The largest absolute Gasteiger partial charge is 0.461 e. The Kier molecular flexibility index (Phi) is 2.89. The number of hydrogen-bond acceptors (Lipinski definition) is 2. The van der Waals surface area contributed by atoms with E-state index in [0.29, 0.717) is 5.41 Å². The lowest BCUT2D eigenvalue weighted by molar-refractivity contribution is -0.155. The summed E-state index contributed by atoms with van der Waals surface area (Å²) < 4.78 is 5.66. The summed E-state index contributed by atoms with van der Waals surface area (Å²) in [5, 5.41) is 0. The van der Waals surface area contributed by atoms with Gasteiger partial charge in [0.15, 0.2) is 0 Å². The van der Waals surface area contributed by atoms with Crippen LogP contribution >= 0.6 is 15.9 Å². The van der Waals surface area contributed by atoms with Crippen molar-refractivity contribution in [1.82, 2.24) is 0 Å². The van der Waals surface area contributed by atoms with E-state index in [1.807, 2.05) is 6.92 Å². The molecule has 0 radical (unpaired) electrons. The third-order valence-corrected chi connectivity index (χ3v) is 5.67. The first-order valence-electron chi connectivity index (χ1n) is 6.13. The number of carbonyl (C=O) groups is 1. The molecule has 2 aliphatic rings. The summed E-state index contributed by atoms with van der Waals surface area (Å²) in [6.45, 7) is 8.77. The SMILES string of the molecule is CC(Br)C(=O)O[C@@H]1C[C@@H]2CC[C@@]1(C)C2(C)C. The van der Waals surface area contributed by atoms with Crippen LogP contribution in [-0.4, -0.2) is 16.9 Å². The highest BCUT2D eigenvalue weighted by atomic mass is 79.9. The van der Waals surface area contributed by atoms with Crippen molar-refractivity contribution in [2.45, 2.75) is 57.9 Å². The monoisotopic (exact) mass is 288 g/mol. The zero-order chi connectivity index (χ0) is 12.1. The summed E-state index contributed by atoms with van der Waals surface area (Å²) in [6.07, 6.45) is 3.66. The molecule has 2 aliphatic carbocycles. The van der Waals surface area contributed by atoms with Gasteiger partial charge in [0.05, 0.1) is 0 Å². The van der Waals surface area contributed by atoms with E-state index in [0.717, 1.165) is 12.3 Å². The predicted molar refractivity (Wildman–Crippen MR) is 67.5 cm³/mol. The summed E-state index contributed by atoms with van der Waals surface area (Å²) >= 11 is 3.27. The Bertz CT molecular complexity index is 311. The summed E-state index contributed by atoms with van der Waals surface area (Å²) in [7, 11) is 0. The van der Waals surface area contributed by atoms with Crippen LogP contribution in [0, 0.1) is 16.7 Å². The fourth-order valence-electron chi connectivity index (χ4n) is 3.54. The molecule has 0 saturated heterocycles. The molecule has 16 heavy (non-hydrogen) atoms. The van der Waals surface area contributed by atoms with E-state index in [2.05, 4.69) is 36.7 Å². The molecule has 3 heteroatoms. The molecule has 92 valence electrons. The highest BCUT2D eigenvalue weighted by Crippen LogP contribution is 2.66. The molecule has 0 heterocycles. The summed E-state index contributed by atoms with van der Waals surface area (Å²) in [4.78, 5) is 11.5. The topological polar surface area (TPSA) is 26.3 Å². The Hall–Kier alpha value is -0.0500. The Balaban J connectivity index is 2.13. The van der Waals surface area contributed by atoms with Gasteiger partial charge in [-0.2, -0.15) is 0 Å². The van der Waals surface area contributed by atoms with Crippen molar-refractivity contribution in [3.8, 4) is 0 Å². The normalized spacial score (nSPS) is 42.1. The molecule has 2 rings (SSSR count). The zero-order valence-corrected chi connectivity index (χ0v) is 12.1.